The molecule has 1 atom stereocenters. The van der Waals surface area contributed by atoms with Gasteiger partial charge in [-0.05, 0) is 18.6 Å². The fourth-order valence-electron chi connectivity index (χ4n) is 4.63. The number of nitrogens with zero attached hydrogens (tertiary/aromatic N) is 3. The third kappa shape index (κ3) is 4.43. The zero-order chi connectivity index (χ0) is 26.5. The van der Waals surface area contributed by atoms with Crippen LogP contribution in [0, 0.1) is 18.6 Å². The number of nitrogens with one attached hydrogen (secondary N) is 2. The van der Waals surface area contributed by atoms with Crippen LogP contribution in [0.15, 0.2) is 30.5 Å². The third-order valence-corrected chi connectivity index (χ3v) is 8.01. The molecular formula is C24H23F2N5O5S. The first-order valence-electron chi connectivity index (χ1n) is 11.5. The Kier molecular flexibility index (Phi) is 5.97. The van der Waals surface area contributed by atoms with E-state index in [0.29, 0.717) is 5.69 Å². The van der Waals surface area contributed by atoms with E-state index in [9.17, 15) is 26.8 Å². The third-order valence-electron chi connectivity index (χ3n) is 6.43. The molecule has 1 spiro atoms. The minimum Gasteiger partial charge on any atom is -0.493 e. The molecule has 2 aliphatic rings. The van der Waals surface area contributed by atoms with Crippen molar-refractivity contribution in [1.29, 1.82) is 0 Å². The van der Waals surface area contributed by atoms with E-state index in [1.54, 1.807) is 18.3 Å². The van der Waals surface area contributed by atoms with Gasteiger partial charge in [-0.1, -0.05) is 13.0 Å². The van der Waals surface area contributed by atoms with Gasteiger partial charge in [0.1, 0.15) is 34.5 Å². The van der Waals surface area contributed by atoms with Gasteiger partial charge in [0.05, 0.1) is 29.9 Å². The van der Waals surface area contributed by atoms with Crippen molar-refractivity contribution in [3.63, 3.8) is 0 Å². The van der Waals surface area contributed by atoms with Crippen LogP contribution < -0.4 is 15.4 Å². The van der Waals surface area contributed by atoms with E-state index in [-0.39, 0.29) is 53.7 Å². The smallest absolute Gasteiger partial charge is 0.272 e. The fraction of sp³-hybridized carbons (Fsp3) is 0.333. The van der Waals surface area contributed by atoms with Crippen molar-refractivity contribution in [2.75, 3.05) is 23.4 Å². The number of rotatable bonds is 5. The number of halogens is 2. The van der Waals surface area contributed by atoms with E-state index in [1.165, 1.54) is 11.6 Å². The molecule has 2 aliphatic heterocycles. The summed E-state index contributed by atoms with van der Waals surface area (Å²) >= 11 is 0. The van der Waals surface area contributed by atoms with Gasteiger partial charge in [-0.25, -0.2) is 17.2 Å². The van der Waals surface area contributed by atoms with E-state index in [4.69, 9.17) is 4.74 Å². The molecule has 4 heterocycles. The minimum absolute atomic E-state index is 0.00397. The Bertz CT molecular complexity index is 1540. The molecule has 2 amide bonds. The monoisotopic (exact) mass is 531 g/mol. The molecule has 13 heteroatoms. The van der Waals surface area contributed by atoms with Gasteiger partial charge in [0, 0.05) is 30.5 Å². The summed E-state index contributed by atoms with van der Waals surface area (Å²) in [6.45, 7) is 3.31. The zero-order valence-corrected chi connectivity index (χ0v) is 20.8. The van der Waals surface area contributed by atoms with Crippen LogP contribution in [0.4, 0.5) is 14.5 Å². The second-order valence-electron chi connectivity index (χ2n) is 9.07. The molecule has 0 saturated heterocycles. The van der Waals surface area contributed by atoms with E-state index >= 15 is 0 Å². The van der Waals surface area contributed by atoms with Gasteiger partial charge in [-0.3, -0.25) is 19.3 Å². The summed E-state index contributed by atoms with van der Waals surface area (Å²) < 4.78 is 59.7. The number of hydrogen-bond acceptors (Lipinski definition) is 7. The Hall–Kier alpha value is -3.87. The zero-order valence-electron chi connectivity index (χ0n) is 20.0. The quantitative estimate of drug-likeness (QED) is 0.516. The largest absolute Gasteiger partial charge is 0.493 e. The average molecular weight is 532 g/mol. The maximum atomic E-state index is 15.0. The van der Waals surface area contributed by atoms with E-state index < -0.39 is 44.6 Å². The molecule has 1 aromatic carbocycles. The summed E-state index contributed by atoms with van der Waals surface area (Å²) in [7, 11) is -3.65. The lowest BCUT2D eigenvalue weighted by atomic mass is 9.82. The highest BCUT2D eigenvalue weighted by Crippen LogP contribution is 2.44. The molecule has 0 saturated carbocycles. The molecule has 194 valence electrons. The van der Waals surface area contributed by atoms with Crippen molar-refractivity contribution < 1.29 is 31.5 Å². The highest BCUT2D eigenvalue weighted by molar-refractivity contribution is 7.92. The van der Waals surface area contributed by atoms with E-state index in [2.05, 4.69) is 20.7 Å². The SMILES string of the molecule is CCS(=O)(=O)CC(=O)Nc1c(-c2ccc(C)cn2)nn2c1C(=O)N[C@@]1(CCOc3cc(F)cc(F)c31)C2. The molecule has 10 nitrogen and oxygen atoms in total. The summed E-state index contributed by atoms with van der Waals surface area (Å²) in [4.78, 5) is 30.5. The Balaban J connectivity index is 1.63. The summed E-state index contributed by atoms with van der Waals surface area (Å²) in [5.41, 5.74) is 0.0224. The molecule has 0 radical (unpaired) electrons. The average Bonchev–Trinajstić information content (AvgIpc) is 3.16. The number of aromatic nitrogens is 3. The van der Waals surface area contributed by atoms with Crippen LogP contribution >= 0.6 is 0 Å². The maximum absolute atomic E-state index is 15.0. The number of aryl methyl sites for hydroxylation is 1. The van der Waals surface area contributed by atoms with Crippen LogP contribution in [0.3, 0.4) is 0 Å². The highest BCUT2D eigenvalue weighted by Gasteiger charge is 2.47. The number of ether oxygens (including phenoxy) is 1. The number of fused-ring (bicyclic) bond motifs is 3. The normalized spacial score (nSPS) is 18.5. The number of hydrogen-bond donors (Lipinski definition) is 2. The molecule has 0 aliphatic carbocycles. The number of carbonyl (C=O) groups excluding carboxylic acids is 2. The number of sulfone groups is 1. The Labute approximate surface area is 211 Å². The topological polar surface area (TPSA) is 132 Å². The first kappa shape index (κ1) is 24.8. The first-order valence-corrected chi connectivity index (χ1v) is 13.3. The number of benzene rings is 1. The highest BCUT2D eigenvalue weighted by atomic mass is 32.2. The number of pyridine rings is 1. The molecule has 3 aromatic rings. The van der Waals surface area contributed by atoms with Gasteiger partial charge < -0.3 is 15.4 Å². The van der Waals surface area contributed by atoms with Crippen LogP contribution in [-0.4, -0.2) is 53.1 Å². The minimum atomic E-state index is -3.65. The van der Waals surface area contributed by atoms with Crippen LogP contribution in [0.25, 0.3) is 11.4 Å². The molecule has 37 heavy (non-hydrogen) atoms. The fourth-order valence-corrected chi connectivity index (χ4v) is 5.31. The molecule has 2 aromatic heterocycles. The van der Waals surface area contributed by atoms with Crippen LogP contribution in [0.5, 0.6) is 5.75 Å². The predicted molar refractivity (Wildman–Crippen MR) is 129 cm³/mol. The molecule has 0 bridgehead atoms. The first-order chi connectivity index (χ1) is 17.5. The molecule has 2 N–H and O–H groups in total. The van der Waals surface area contributed by atoms with Gasteiger partial charge in [0.25, 0.3) is 5.91 Å². The van der Waals surface area contributed by atoms with Gasteiger partial charge >= 0.3 is 0 Å². The van der Waals surface area contributed by atoms with Gasteiger partial charge in [-0.15, -0.1) is 0 Å². The second-order valence-corrected chi connectivity index (χ2v) is 11.4. The number of carbonyl (C=O) groups is 2. The lowest BCUT2D eigenvalue weighted by Gasteiger charge is -2.42. The Morgan fingerprint density at radius 1 is 1.30 bits per heavy atom. The van der Waals surface area contributed by atoms with Gasteiger partial charge in [0.2, 0.25) is 5.91 Å². The molecule has 0 fully saturated rings. The van der Waals surface area contributed by atoms with Crippen molar-refractivity contribution in [2.24, 2.45) is 0 Å². The van der Waals surface area contributed by atoms with Crippen molar-refractivity contribution in [1.82, 2.24) is 20.1 Å². The molecule has 5 rings (SSSR count). The second kappa shape index (κ2) is 8.91. The summed E-state index contributed by atoms with van der Waals surface area (Å²) in [5, 5.41) is 9.88. The number of anilines is 1. The van der Waals surface area contributed by atoms with E-state index in [0.717, 1.165) is 17.7 Å². The van der Waals surface area contributed by atoms with Crippen molar-refractivity contribution in [3.05, 3.63) is 58.9 Å². The summed E-state index contributed by atoms with van der Waals surface area (Å²) in [5.74, 6) is -4.21. The van der Waals surface area contributed by atoms with Crippen molar-refractivity contribution in [2.45, 2.75) is 32.4 Å². The van der Waals surface area contributed by atoms with Crippen LogP contribution in [0.2, 0.25) is 0 Å². The Morgan fingerprint density at radius 3 is 2.78 bits per heavy atom. The lowest BCUT2D eigenvalue weighted by molar-refractivity contribution is -0.113. The predicted octanol–water partition coefficient (Wildman–Crippen LogP) is 2.33. The standard InChI is InChI=1S/C24H23F2N5O5S/c1-3-37(34,35)11-18(32)28-21-20(16-5-4-13(2)10-27-16)30-31-12-24(29-23(33)22(21)31)6-7-36-17-9-14(25)8-15(26)19(17)24/h4-5,8-10H,3,6-7,11-12H2,1-2H3,(H,28,32)(H,29,33)/t24-/m0/s1. The van der Waals surface area contributed by atoms with Crippen LogP contribution in [0.1, 0.15) is 35.0 Å². The molecule has 0 unspecified atom stereocenters. The Morgan fingerprint density at radius 2 is 2.08 bits per heavy atom. The lowest BCUT2D eigenvalue weighted by Crippen LogP contribution is -2.56. The number of amides is 2. The summed E-state index contributed by atoms with van der Waals surface area (Å²) in [6, 6.07) is 5.21. The van der Waals surface area contributed by atoms with Gasteiger partial charge in [-0.2, -0.15) is 5.10 Å². The van der Waals surface area contributed by atoms with Crippen LogP contribution in [-0.2, 0) is 26.7 Å². The molecular weight excluding hydrogens is 508 g/mol. The maximum Gasteiger partial charge on any atom is 0.272 e. The van der Waals surface area contributed by atoms with Crippen molar-refractivity contribution in [3.8, 4) is 17.1 Å². The van der Waals surface area contributed by atoms with E-state index in [1.807, 2.05) is 6.92 Å². The van der Waals surface area contributed by atoms with Crippen molar-refractivity contribution >= 4 is 27.3 Å². The van der Waals surface area contributed by atoms with Gasteiger partial charge in [0.15, 0.2) is 15.5 Å². The summed E-state index contributed by atoms with van der Waals surface area (Å²) in [6.07, 6.45) is 1.77.